The number of aromatic nitrogens is 5. The van der Waals surface area contributed by atoms with E-state index in [9.17, 15) is 4.79 Å². The van der Waals surface area contributed by atoms with Crippen LogP contribution in [0.25, 0.3) is 33.3 Å². The van der Waals surface area contributed by atoms with Gasteiger partial charge in [0.1, 0.15) is 23.3 Å². The number of aromatic amines is 2. The minimum atomic E-state index is -0.150. The highest BCUT2D eigenvalue weighted by atomic mass is 16.5. The van der Waals surface area contributed by atoms with Crippen molar-refractivity contribution in [2.45, 2.75) is 12.8 Å². The SMILES string of the molecule is COc1ccc(-c2[nH]c3ccccc3c2CCC(=O)Nc2ncnc3nc[nH]c23)c(OC)c1. The van der Waals surface area contributed by atoms with Crippen molar-refractivity contribution in [3.63, 3.8) is 0 Å². The third-order valence-electron chi connectivity index (χ3n) is 5.57. The Morgan fingerprint density at radius 3 is 2.79 bits per heavy atom. The van der Waals surface area contributed by atoms with E-state index in [-0.39, 0.29) is 12.3 Å². The lowest BCUT2D eigenvalue weighted by atomic mass is 10.00. The van der Waals surface area contributed by atoms with Crippen molar-refractivity contribution in [2.24, 2.45) is 0 Å². The van der Waals surface area contributed by atoms with E-state index < -0.39 is 0 Å². The highest BCUT2D eigenvalue weighted by molar-refractivity contribution is 5.97. The van der Waals surface area contributed by atoms with Crippen LogP contribution in [-0.2, 0) is 11.2 Å². The number of carbonyl (C=O) groups is 1. The zero-order valence-corrected chi connectivity index (χ0v) is 18.2. The number of ether oxygens (including phenoxy) is 2. The number of aryl methyl sites for hydroxylation is 1. The first kappa shape index (κ1) is 20.5. The average Bonchev–Trinajstić information content (AvgIpc) is 3.47. The van der Waals surface area contributed by atoms with Gasteiger partial charge in [-0.2, -0.15) is 0 Å². The topological polar surface area (TPSA) is 118 Å². The van der Waals surface area contributed by atoms with E-state index in [0.29, 0.717) is 34.9 Å². The van der Waals surface area contributed by atoms with Crippen LogP contribution in [0.1, 0.15) is 12.0 Å². The van der Waals surface area contributed by atoms with Crippen molar-refractivity contribution in [1.29, 1.82) is 0 Å². The number of para-hydroxylation sites is 1. The Morgan fingerprint density at radius 1 is 1.06 bits per heavy atom. The third-order valence-corrected chi connectivity index (χ3v) is 5.57. The molecular formula is C24H22N6O3. The lowest BCUT2D eigenvalue weighted by Gasteiger charge is -2.12. The van der Waals surface area contributed by atoms with Gasteiger partial charge in [-0.25, -0.2) is 15.0 Å². The predicted molar refractivity (Wildman–Crippen MR) is 125 cm³/mol. The number of nitrogens with one attached hydrogen (secondary N) is 3. The van der Waals surface area contributed by atoms with Crippen molar-refractivity contribution < 1.29 is 14.3 Å². The van der Waals surface area contributed by atoms with Gasteiger partial charge in [0.25, 0.3) is 0 Å². The smallest absolute Gasteiger partial charge is 0.225 e. The van der Waals surface area contributed by atoms with Crippen LogP contribution in [0.4, 0.5) is 5.82 Å². The van der Waals surface area contributed by atoms with Gasteiger partial charge >= 0.3 is 0 Å². The zero-order valence-electron chi connectivity index (χ0n) is 18.2. The molecule has 5 rings (SSSR count). The molecule has 1 amide bonds. The molecule has 0 saturated carbocycles. The van der Waals surface area contributed by atoms with Crippen LogP contribution >= 0.6 is 0 Å². The number of imidazole rings is 1. The van der Waals surface area contributed by atoms with Crippen molar-refractivity contribution in [1.82, 2.24) is 24.9 Å². The van der Waals surface area contributed by atoms with Crippen LogP contribution in [0, 0.1) is 0 Å². The molecule has 33 heavy (non-hydrogen) atoms. The van der Waals surface area contributed by atoms with Crippen LogP contribution in [-0.4, -0.2) is 45.0 Å². The Morgan fingerprint density at radius 2 is 1.94 bits per heavy atom. The van der Waals surface area contributed by atoms with Crippen molar-refractivity contribution in [3.8, 4) is 22.8 Å². The number of rotatable bonds is 7. The Hall–Kier alpha value is -4.40. The largest absolute Gasteiger partial charge is 0.497 e. The lowest BCUT2D eigenvalue weighted by molar-refractivity contribution is -0.116. The molecule has 0 aliphatic rings. The molecule has 166 valence electrons. The Balaban J connectivity index is 1.46. The summed E-state index contributed by atoms with van der Waals surface area (Å²) in [6.07, 6.45) is 3.70. The van der Waals surface area contributed by atoms with Gasteiger partial charge in [-0.05, 0) is 30.2 Å². The van der Waals surface area contributed by atoms with Gasteiger partial charge < -0.3 is 24.8 Å². The molecule has 0 aliphatic heterocycles. The summed E-state index contributed by atoms with van der Waals surface area (Å²) in [5.74, 6) is 1.66. The molecule has 0 saturated heterocycles. The fourth-order valence-corrected chi connectivity index (χ4v) is 3.99. The Bertz CT molecular complexity index is 1460. The first-order valence-corrected chi connectivity index (χ1v) is 10.4. The summed E-state index contributed by atoms with van der Waals surface area (Å²) in [5.41, 5.74) is 4.96. The summed E-state index contributed by atoms with van der Waals surface area (Å²) in [6, 6.07) is 13.7. The monoisotopic (exact) mass is 442 g/mol. The summed E-state index contributed by atoms with van der Waals surface area (Å²) in [5, 5.41) is 3.93. The minimum absolute atomic E-state index is 0.150. The number of anilines is 1. The van der Waals surface area contributed by atoms with Gasteiger partial charge in [0.05, 0.1) is 26.2 Å². The summed E-state index contributed by atoms with van der Waals surface area (Å²) >= 11 is 0. The van der Waals surface area contributed by atoms with E-state index >= 15 is 0 Å². The summed E-state index contributed by atoms with van der Waals surface area (Å²) in [6.45, 7) is 0. The third kappa shape index (κ3) is 3.84. The fourth-order valence-electron chi connectivity index (χ4n) is 3.99. The number of nitrogens with zero attached hydrogens (tertiary/aromatic N) is 3. The first-order valence-electron chi connectivity index (χ1n) is 10.4. The van der Waals surface area contributed by atoms with Gasteiger partial charge in [0.15, 0.2) is 11.5 Å². The molecule has 0 bridgehead atoms. The highest BCUT2D eigenvalue weighted by Gasteiger charge is 2.18. The highest BCUT2D eigenvalue weighted by Crippen LogP contribution is 2.38. The molecule has 9 heteroatoms. The second-order valence-corrected chi connectivity index (χ2v) is 7.46. The molecule has 3 N–H and O–H groups in total. The number of hydrogen-bond acceptors (Lipinski definition) is 6. The molecule has 2 aromatic carbocycles. The maximum atomic E-state index is 12.8. The van der Waals surface area contributed by atoms with Crippen molar-refractivity contribution >= 4 is 33.8 Å². The van der Waals surface area contributed by atoms with E-state index in [0.717, 1.165) is 27.7 Å². The standard InChI is InChI=1S/C24H22N6O3/c1-32-14-7-8-17(19(11-14)33-2)21-16(15-5-3-4-6-18(15)29-21)9-10-20(31)30-24-22-23(26-12-25-22)27-13-28-24/h3-8,11-13,29H,9-10H2,1-2H3,(H2,25,26,27,28,30,31). The molecule has 3 aromatic heterocycles. The maximum absolute atomic E-state index is 12.8. The first-order chi connectivity index (χ1) is 16.2. The predicted octanol–water partition coefficient (Wildman–Crippen LogP) is 4.09. The number of H-pyrrole nitrogens is 2. The minimum Gasteiger partial charge on any atom is -0.497 e. The number of fused-ring (bicyclic) bond motifs is 2. The normalized spacial score (nSPS) is 11.1. The van der Waals surface area contributed by atoms with E-state index in [2.05, 4.69) is 36.3 Å². The fraction of sp³-hybridized carbons (Fsp3) is 0.167. The summed E-state index contributed by atoms with van der Waals surface area (Å²) < 4.78 is 11.0. The van der Waals surface area contributed by atoms with Crippen LogP contribution in [0.15, 0.2) is 55.1 Å². The number of methoxy groups -OCH3 is 2. The van der Waals surface area contributed by atoms with Crippen LogP contribution in [0.5, 0.6) is 11.5 Å². The lowest BCUT2D eigenvalue weighted by Crippen LogP contribution is -2.14. The van der Waals surface area contributed by atoms with E-state index in [4.69, 9.17) is 9.47 Å². The second-order valence-electron chi connectivity index (χ2n) is 7.46. The molecule has 9 nitrogen and oxygen atoms in total. The van der Waals surface area contributed by atoms with Gasteiger partial charge in [0, 0.05) is 29.0 Å². The number of hydrogen-bond donors (Lipinski definition) is 3. The zero-order chi connectivity index (χ0) is 22.8. The van der Waals surface area contributed by atoms with Gasteiger partial charge in [0.2, 0.25) is 5.91 Å². The van der Waals surface area contributed by atoms with Gasteiger partial charge in [-0.1, -0.05) is 18.2 Å². The number of carbonyl (C=O) groups excluding carboxylic acids is 1. The molecule has 0 aliphatic carbocycles. The molecule has 5 aromatic rings. The molecule has 0 radical (unpaired) electrons. The quantitative estimate of drug-likeness (QED) is 0.349. The molecule has 0 spiro atoms. The number of amides is 1. The van der Waals surface area contributed by atoms with Gasteiger partial charge in [-0.3, -0.25) is 4.79 Å². The molecule has 0 unspecified atom stereocenters. The Kier molecular flexibility index (Phi) is 5.35. The molecular weight excluding hydrogens is 420 g/mol. The molecule has 0 fully saturated rings. The van der Waals surface area contributed by atoms with Crippen LogP contribution in [0.3, 0.4) is 0 Å². The average molecular weight is 442 g/mol. The molecule has 0 atom stereocenters. The number of benzene rings is 2. The maximum Gasteiger partial charge on any atom is 0.225 e. The van der Waals surface area contributed by atoms with Crippen molar-refractivity contribution in [3.05, 3.63) is 60.7 Å². The van der Waals surface area contributed by atoms with E-state index in [1.807, 2.05) is 36.4 Å². The van der Waals surface area contributed by atoms with Crippen molar-refractivity contribution in [2.75, 3.05) is 19.5 Å². The van der Waals surface area contributed by atoms with E-state index in [1.54, 1.807) is 14.2 Å². The van der Waals surface area contributed by atoms with Crippen LogP contribution in [0.2, 0.25) is 0 Å². The van der Waals surface area contributed by atoms with E-state index in [1.165, 1.54) is 12.7 Å². The summed E-state index contributed by atoms with van der Waals surface area (Å²) in [7, 11) is 3.25. The van der Waals surface area contributed by atoms with Gasteiger partial charge in [-0.15, -0.1) is 0 Å². The van der Waals surface area contributed by atoms with Crippen LogP contribution < -0.4 is 14.8 Å². The summed E-state index contributed by atoms with van der Waals surface area (Å²) in [4.78, 5) is 31.6. The Labute approximate surface area is 189 Å². The molecule has 3 heterocycles. The second kappa shape index (κ2) is 8.62.